The molecule has 2 N–H and O–H groups in total. The van der Waals surface area contributed by atoms with Gasteiger partial charge in [-0.15, -0.1) is 0 Å². The third-order valence-electron chi connectivity index (χ3n) is 3.11. The van der Waals surface area contributed by atoms with Gasteiger partial charge < -0.3 is 10.6 Å². The first-order chi connectivity index (χ1) is 9.92. The molecule has 0 aliphatic heterocycles. The monoisotopic (exact) mass is 410 g/mol. The number of halogens is 2. The van der Waals surface area contributed by atoms with Gasteiger partial charge in [0.1, 0.15) is 0 Å². The number of benzene rings is 2. The minimum absolute atomic E-state index is 0.149. The van der Waals surface area contributed by atoms with Gasteiger partial charge in [-0.3, -0.25) is 4.79 Å². The lowest BCUT2D eigenvalue weighted by Crippen LogP contribution is -2.15. The van der Waals surface area contributed by atoms with Crippen LogP contribution >= 0.6 is 31.9 Å². The van der Waals surface area contributed by atoms with Crippen molar-refractivity contribution < 1.29 is 4.79 Å². The fourth-order valence-corrected chi connectivity index (χ4v) is 3.68. The van der Waals surface area contributed by atoms with E-state index in [1.54, 1.807) is 0 Å². The quantitative estimate of drug-likeness (QED) is 0.735. The van der Waals surface area contributed by atoms with Gasteiger partial charge in [0.05, 0.1) is 11.3 Å². The smallest absolute Gasteiger partial charge is 0.257 e. The molecule has 0 bridgehead atoms. The molecular weight excluding hydrogens is 396 g/mol. The van der Waals surface area contributed by atoms with Crippen molar-refractivity contribution in [3.8, 4) is 0 Å². The van der Waals surface area contributed by atoms with Crippen molar-refractivity contribution in [3.63, 3.8) is 0 Å². The predicted octanol–water partition coefficient (Wildman–Crippen LogP) is 5.12. The Hall–Kier alpha value is -1.33. The van der Waals surface area contributed by atoms with Gasteiger partial charge in [-0.25, -0.2) is 0 Å². The van der Waals surface area contributed by atoms with E-state index in [0.717, 1.165) is 31.4 Å². The van der Waals surface area contributed by atoms with Crippen LogP contribution in [-0.4, -0.2) is 13.0 Å². The molecule has 0 aliphatic rings. The summed E-state index contributed by atoms with van der Waals surface area (Å²) in [7, 11) is 1.81. The van der Waals surface area contributed by atoms with Gasteiger partial charge in [0, 0.05) is 21.7 Å². The highest BCUT2D eigenvalue weighted by Gasteiger charge is 2.14. The molecule has 5 heteroatoms. The number of carbonyl (C=O) groups is 1. The Bertz CT molecular complexity index is 676. The number of anilines is 2. The highest BCUT2D eigenvalue weighted by atomic mass is 79.9. The number of amides is 1. The van der Waals surface area contributed by atoms with Gasteiger partial charge in [0.15, 0.2) is 0 Å². The van der Waals surface area contributed by atoms with Crippen molar-refractivity contribution in [1.82, 2.24) is 0 Å². The molecule has 2 rings (SSSR count). The molecule has 2 aromatic rings. The summed E-state index contributed by atoms with van der Waals surface area (Å²) in [4.78, 5) is 12.5. The lowest BCUT2D eigenvalue weighted by atomic mass is 10.1. The van der Waals surface area contributed by atoms with E-state index in [0.29, 0.717) is 5.56 Å². The topological polar surface area (TPSA) is 41.1 Å². The molecule has 0 saturated carbocycles. The van der Waals surface area contributed by atoms with E-state index in [9.17, 15) is 4.79 Å². The second-order valence-corrected chi connectivity index (χ2v) is 6.57. The molecule has 110 valence electrons. The number of rotatable bonds is 3. The van der Waals surface area contributed by atoms with Crippen molar-refractivity contribution in [1.29, 1.82) is 0 Å². The summed E-state index contributed by atoms with van der Waals surface area (Å²) in [5.74, 6) is -0.149. The maximum absolute atomic E-state index is 12.5. The van der Waals surface area contributed by atoms with Crippen LogP contribution in [0.5, 0.6) is 0 Å². The van der Waals surface area contributed by atoms with Crippen LogP contribution in [0.15, 0.2) is 39.3 Å². The van der Waals surface area contributed by atoms with Crippen LogP contribution in [0.4, 0.5) is 11.4 Å². The molecule has 3 nitrogen and oxygen atoms in total. The zero-order valence-corrected chi connectivity index (χ0v) is 15.2. The summed E-state index contributed by atoms with van der Waals surface area (Å²) in [6, 6.07) is 9.64. The van der Waals surface area contributed by atoms with Gasteiger partial charge >= 0.3 is 0 Å². The third-order valence-corrected chi connectivity index (χ3v) is 4.36. The van der Waals surface area contributed by atoms with E-state index >= 15 is 0 Å². The van der Waals surface area contributed by atoms with E-state index in [2.05, 4.69) is 42.5 Å². The second kappa shape index (κ2) is 6.62. The van der Waals surface area contributed by atoms with Crippen molar-refractivity contribution >= 4 is 49.1 Å². The van der Waals surface area contributed by atoms with Crippen LogP contribution in [0.3, 0.4) is 0 Å². The summed E-state index contributed by atoms with van der Waals surface area (Å²) in [6.45, 7) is 4.00. The molecule has 1 amide bonds. The highest BCUT2D eigenvalue weighted by molar-refractivity contribution is 9.11. The summed E-state index contributed by atoms with van der Waals surface area (Å²) >= 11 is 6.97. The average molecular weight is 412 g/mol. The molecule has 0 spiro atoms. The number of nitrogens with one attached hydrogen (secondary N) is 2. The molecule has 21 heavy (non-hydrogen) atoms. The van der Waals surface area contributed by atoms with Crippen molar-refractivity contribution in [2.24, 2.45) is 0 Å². The lowest BCUT2D eigenvalue weighted by Gasteiger charge is -2.13. The van der Waals surface area contributed by atoms with Gasteiger partial charge in [0.2, 0.25) is 0 Å². The summed E-state index contributed by atoms with van der Waals surface area (Å²) < 4.78 is 1.70. The van der Waals surface area contributed by atoms with Crippen molar-refractivity contribution in [2.45, 2.75) is 13.8 Å². The van der Waals surface area contributed by atoms with Crippen LogP contribution in [0.1, 0.15) is 21.5 Å². The Kier molecular flexibility index (Phi) is 5.06. The predicted molar refractivity (Wildman–Crippen MR) is 95.3 cm³/mol. The Labute approximate surface area is 141 Å². The van der Waals surface area contributed by atoms with E-state index < -0.39 is 0 Å². The molecular formula is C16H16Br2N2O. The minimum atomic E-state index is -0.149. The lowest BCUT2D eigenvalue weighted by molar-refractivity contribution is 0.102. The zero-order chi connectivity index (χ0) is 15.6. The van der Waals surface area contributed by atoms with Crippen LogP contribution in [-0.2, 0) is 0 Å². The first-order valence-corrected chi connectivity index (χ1v) is 8.06. The second-order valence-electron chi connectivity index (χ2n) is 4.86. The summed E-state index contributed by atoms with van der Waals surface area (Å²) in [5.41, 5.74) is 4.37. The maximum Gasteiger partial charge on any atom is 0.257 e. The van der Waals surface area contributed by atoms with Crippen LogP contribution in [0.25, 0.3) is 0 Å². The average Bonchev–Trinajstić information content (AvgIpc) is 2.42. The minimum Gasteiger partial charge on any atom is -0.387 e. The summed E-state index contributed by atoms with van der Waals surface area (Å²) in [5, 5.41) is 6.00. The van der Waals surface area contributed by atoms with E-state index in [4.69, 9.17) is 0 Å². The number of aryl methyl sites for hydroxylation is 2. The van der Waals surface area contributed by atoms with Gasteiger partial charge in [-0.1, -0.05) is 6.07 Å². The zero-order valence-electron chi connectivity index (χ0n) is 12.1. The normalized spacial score (nSPS) is 10.3. The van der Waals surface area contributed by atoms with E-state index in [-0.39, 0.29) is 5.91 Å². The molecule has 0 aromatic heterocycles. The molecule has 0 saturated heterocycles. The van der Waals surface area contributed by atoms with Gasteiger partial charge in [-0.05, 0) is 81.1 Å². The third kappa shape index (κ3) is 3.66. The van der Waals surface area contributed by atoms with Gasteiger partial charge in [0.25, 0.3) is 5.91 Å². The largest absolute Gasteiger partial charge is 0.387 e. The molecule has 0 radical (unpaired) electrons. The number of carbonyl (C=O) groups excluding carboxylic acids is 1. The molecule has 0 heterocycles. The van der Waals surface area contributed by atoms with E-state index in [1.807, 2.05) is 51.2 Å². The molecule has 0 unspecified atom stereocenters. The van der Waals surface area contributed by atoms with E-state index in [1.165, 1.54) is 0 Å². The standard InChI is InChI=1S/C16H16Br2N2O/c1-9-4-5-11(14(8-9)19-3)16(21)20-15-12(17)6-10(2)7-13(15)18/h4-8,19H,1-3H3,(H,20,21). The first-order valence-electron chi connectivity index (χ1n) is 6.47. The Morgan fingerprint density at radius 2 is 1.62 bits per heavy atom. The number of hydrogen-bond donors (Lipinski definition) is 2. The highest BCUT2D eigenvalue weighted by Crippen LogP contribution is 2.33. The van der Waals surface area contributed by atoms with Crippen molar-refractivity contribution in [2.75, 3.05) is 17.7 Å². The molecule has 0 aliphatic carbocycles. The fraction of sp³-hybridized carbons (Fsp3) is 0.188. The molecule has 0 atom stereocenters. The molecule has 0 fully saturated rings. The summed E-state index contributed by atoms with van der Waals surface area (Å²) in [6.07, 6.45) is 0. The van der Waals surface area contributed by atoms with Gasteiger partial charge in [-0.2, -0.15) is 0 Å². The van der Waals surface area contributed by atoms with Crippen LogP contribution < -0.4 is 10.6 Å². The number of hydrogen-bond acceptors (Lipinski definition) is 2. The Morgan fingerprint density at radius 3 is 2.19 bits per heavy atom. The SMILES string of the molecule is CNc1cc(C)ccc1C(=O)Nc1c(Br)cc(C)cc1Br. The molecule has 2 aromatic carbocycles. The fourth-order valence-electron chi connectivity index (χ4n) is 2.06. The Morgan fingerprint density at radius 1 is 1.00 bits per heavy atom. The van der Waals surface area contributed by atoms with Crippen molar-refractivity contribution in [3.05, 3.63) is 56.0 Å². The maximum atomic E-state index is 12.5. The first kappa shape index (κ1) is 16.0. The van der Waals surface area contributed by atoms with Crippen LogP contribution in [0, 0.1) is 13.8 Å². The van der Waals surface area contributed by atoms with Crippen LogP contribution in [0.2, 0.25) is 0 Å². The Balaban J connectivity index is 2.35.